The zero-order chi connectivity index (χ0) is 23.3. The highest BCUT2D eigenvalue weighted by Gasteiger charge is 2.50. The molecule has 0 unspecified atom stereocenters. The minimum Gasteiger partial charge on any atom is -0.494 e. The molecule has 6 rings (SSSR count). The van der Waals surface area contributed by atoms with Crippen molar-refractivity contribution >= 4 is 17.7 Å². The maximum absolute atomic E-state index is 12.7. The monoisotopic (exact) mass is 468 g/mol. The number of hydrogen-bond acceptors (Lipinski definition) is 3. The van der Waals surface area contributed by atoms with Crippen molar-refractivity contribution < 1.29 is 14.6 Å². The van der Waals surface area contributed by atoms with Gasteiger partial charge in [-0.15, -0.1) is 0 Å². The highest BCUT2D eigenvalue weighted by molar-refractivity contribution is 6.33. The van der Waals surface area contributed by atoms with E-state index < -0.39 is 6.09 Å². The zero-order valence-corrected chi connectivity index (χ0v) is 20.4. The molecule has 6 heteroatoms. The zero-order valence-electron chi connectivity index (χ0n) is 19.7. The third-order valence-corrected chi connectivity index (χ3v) is 8.18. The van der Waals surface area contributed by atoms with Crippen molar-refractivity contribution in [1.82, 2.24) is 9.80 Å². The maximum Gasteiger partial charge on any atom is 0.408 e. The first-order valence-corrected chi connectivity index (χ1v) is 12.5. The summed E-state index contributed by atoms with van der Waals surface area (Å²) in [6.07, 6.45) is 2.26. The smallest absolute Gasteiger partial charge is 0.408 e. The van der Waals surface area contributed by atoms with Crippen LogP contribution in [0.1, 0.15) is 50.8 Å². The number of rotatable bonds is 5. The molecule has 0 aromatic heterocycles. The van der Waals surface area contributed by atoms with E-state index in [1.165, 1.54) is 5.56 Å². The normalized spacial score (nSPS) is 27.3. The van der Waals surface area contributed by atoms with Gasteiger partial charge in [-0.25, -0.2) is 4.79 Å². The first-order chi connectivity index (χ1) is 15.8. The molecule has 1 amide bonds. The van der Waals surface area contributed by atoms with Crippen molar-refractivity contribution in [3.63, 3.8) is 0 Å². The number of ether oxygens (including phenoxy) is 1. The second-order valence-corrected chi connectivity index (χ2v) is 10.9. The summed E-state index contributed by atoms with van der Waals surface area (Å²) < 4.78 is 5.57. The summed E-state index contributed by atoms with van der Waals surface area (Å²) in [5, 5.41) is 11.0. The van der Waals surface area contributed by atoms with Gasteiger partial charge >= 0.3 is 6.09 Å². The number of halogens is 1. The SMILES string of the molecule is CCOc1ccc(-c2ccc3c(c2)CC(C)(C)[C@H]3N(C(=O)O)[C@@H]2CN3CCC2CC3)c(Cl)c1. The first-order valence-electron chi connectivity index (χ1n) is 12.1. The van der Waals surface area contributed by atoms with Crippen molar-refractivity contribution in [3.05, 3.63) is 52.5 Å². The highest BCUT2D eigenvalue weighted by atomic mass is 35.5. The summed E-state index contributed by atoms with van der Waals surface area (Å²) in [6.45, 7) is 10.0. The Hall–Kier alpha value is -2.24. The Labute approximate surface area is 201 Å². The van der Waals surface area contributed by atoms with Crippen LogP contribution < -0.4 is 4.74 Å². The molecule has 2 aromatic rings. The van der Waals surface area contributed by atoms with Gasteiger partial charge in [-0.1, -0.05) is 43.6 Å². The van der Waals surface area contributed by atoms with Gasteiger partial charge in [0.25, 0.3) is 0 Å². The second-order valence-electron chi connectivity index (χ2n) is 10.5. The molecule has 2 bridgehead atoms. The number of carbonyl (C=O) groups is 1. The van der Waals surface area contributed by atoms with Crippen molar-refractivity contribution in [1.29, 1.82) is 0 Å². The van der Waals surface area contributed by atoms with E-state index >= 15 is 0 Å². The van der Waals surface area contributed by atoms with Crippen LogP contribution in [0.3, 0.4) is 0 Å². The Balaban J connectivity index is 1.50. The molecule has 0 spiro atoms. The van der Waals surface area contributed by atoms with Crippen molar-refractivity contribution in [3.8, 4) is 16.9 Å². The van der Waals surface area contributed by atoms with Crippen LogP contribution >= 0.6 is 11.6 Å². The second kappa shape index (κ2) is 8.52. The van der Waals surface area contributed by atoms with E-state index in [4.69, 9.17) is 16.3 Å². The fourth-order valence-corrected chi connectivity index (χ4v) is 6.69. The van der Waals surface area contributed by atoms with E-state index in [1.807, 2.05) is 30.0 Å². The molecular formula is C27H33ClN2O3. The van der Waals surface area contributed by atoms with Crippen molar-refractivity contribution in [2.75, 3.05) is 26.2 Å². The summed E-state index contributed by atoms with van der Waals surface area (Å²) in [5.41, 5.74) is 4.22. The van der Waals surface area contributed by atoms with E-state index in [0.29, 0.717) is 17.5 Å². The number of amides is 1. The molecule has 0 radical (unpaired) electrons. The van der Waals surface area contributed by atoms with Gasteiger partial charge in [-0.3, -0.25) is 4.90 Å². The summed E-state index contributed by atoms with van der Waals surface area (Å²) in [7, 11) is 0. The standard InChI is InChI=1S/C27H33ClN2O3/c1-4-33-20-6-8-21(23(28)14-20)18-5-7-22-19(13-18)15-27(2,3)25(22)30(26(31)32)24-16-29-11-9-17(24)10-12-29/h5-8,13-14,17,24-25H,4,9-12,15-16H2,1-3H3,(H,31,32)/t24-,25+/m1/s1. The third-order valence-electron chi connectivity index (χ3n) is 7.86. The summed E-state index contributed by atoms with van der Waals surface area (Å²) in [4.78, 5) is 16.9. The molecule has 3 saturated heterocycles. The van der Waals surface area contributed by atoms with E-state index in [-0.39, 0.29) is 17.5 Å². The molecule has 3 heterocycles. The Morgan fingerprint density at radius 2 is 1.97 bits per heavy atom. The number of fused-ring (bicyclic) bond motifs is 4. The van der Waals surface area contributed by atoms with Gasteiger partial charge < -0.3 is 14.7 Å². The van der Waals surface area contributed by atoms with E-state index in [9.17, 15) is 9.90 Å². The van der Waals surface area contributed by atoms with Crippen LogP contribution in [0.25, 0.3) is 11.1 Å². The lowest BCUT2D eigenvalue weighted by molar-refractivity contribution is -0.0267. The quantitative estimate of drug-likeness (QED) is 0.575. The Morgan fingerprint density at radius 3 is 2.58 bits per heavy atom. The number of piperidine rings is 3. The number of benzene rings is 2. The Bertz CT molecular complexity index is 1060. The van der Waals surface area contributed by atoms with Crippen LogP contribution in [0.2, 0.25) is 5.02 Å². The highest BCUT2D eigenvalue weighted by Crippen LogP contribution is 2.52. The minimum atomic E-state index is -0.793. The van der Waals surface area contributed by atoms with Gasteiger partial charge in [0.05, 0.1) is 23.7 Å². The number of hydrogen-bond donors (Lipinski definition) is 1. The van der Waals surface area contributed by atoms with Gasteiger partial charge in [0.1, 0.15) is 5.75 Å². The molecule has 0 saturated carbocycles. The largest absolute Gasteiger partial charge is 0.494 e. The lowest BCUT2D eigenvalue weighted by Gasteiger charge is -2.51. The minimum absolute atomic E-state index is 0.0699. The molecule has 3 fully saturated rings. The van der Waals surface area contributed by atoms with Crippen molar-refractivity contribution in [2.24, 2.45) is 11.3 Å². The molecule has 3 aliphatic heterocycles. The van der Waals surface area contributed by atoms with Gasteiger partial charge in [0.2, 0.25) is 0 Å². The summed E-state index contributed by atoms with van der Waals surface area (Å²) in [6, 6.07) is 12.2. The van der Waals surface area contributed by atoms with Crippen LogP contribution in [-0.2, 0) is 6.42 Å². The molecule has 176 valence electrons. The van der Waals surface area contributed by atoms with E-state index in [2.05, 4.69) is 36.9 Å². The van der Waals surface area contributed by atoms with Crippen molar-refractivity contribution in [2.45, 2.75) is 52.1 Å². The average Bonchev–Trinajstić information content (AvgIpc) is 3.04. The first kappa shape index (κ1) is 22.5. The van der Waals surface area contributed by atoms with E-state index in [1.54, 1.807) is 0 Å². The molecule has 5 nitrogen and oxygen atoms in total. The molecule has 4 aliphatic rings. The summed E-state index contributed by atoms with van der Waals surface area (Å²) >= 11 is 6.59. The van der Waals surface area contributed by atoms with Crippen LogP contribution in [0.5, 0.6) is 5.75 Å². The Kier molecular flexibility index (Phi) is 5.82. The van der Waals surface area contributed by atoms with E-state index in [0.717, 1.165) is 61.3 Å². The molecule has 1 aliphatic carbocycles. The number of carboxylic acid groups (broad SMARTS) is 1. The average molecular weight is 469 g/mol. The van der Waals surface area contributed by atoms with Crippen LogP contribution in [-0.4, -0.2) is 53.3 Å². The molecule has 33 heavy (non-hydrogen) atoms. The maximum atomic E-state index is 12.7. The Morgan fingerprint density at radius 1 is 1.21 bits per heavy atom. The molecular weight excluding hydrogens is 436 g/mol. The van der Waals surface area contributed by atoms with Gasteiger partial charge in [-0.2, -0.15) is 0 Å². The summed E-state index contributed by atoms with van der Waals surface area (Å²) in [5.74, 6) is 1.23. The number of nitrogens with zero attached hydrogens (tertiary/aromatic N) is 2. The van der Waals surface area contributed by atoms with Crippen LogP contribution in [0.15, 0.2) is 36.4 Å². The predicted molar refractivity (Wildman–Crippen MR) is 131 cm³/mol. The van der Waals surface area contributed by atoms with Gasteiger partial charge in [-0.05, 0) is 85.5 Å². The molecule has 1 N–H and O–H groups in total. The van der Waals surface area contributed by atoms with Crippen LogP contribution in [0, 0.1) is 11.3 Å². The fraction of sp³-hybridized carbons (Fsp3) is 0.519. The molecule has 2 atom stereocenters. The third kappa shape index (κ3) is 4.00. The fourth-order valence-electron chi connectivity index (χ4n) is 6.41. The van der Waals surface area contributed by atoms with Gasteiger partial charge in [0, 0.05) is 12.1 Å². The lowest BCUT2D eigenvalue weighted by atomic mass is 9.79. The van der Waals surface area contributed by atoms with Crippen LogP contribution in [0.4, 0.5) is 4.79 Å². The van der Waals surface area contributed by atoms with Gasteiger partial charge in [0.15, 0.2) is 0 Å². The predicted octanol–water partition coefficient (Wildman–Crippen LogP) is 6.10. The molecule has 2 aromatic carbocycles. The topological polar surface area (TPSA) is 53.0 Å². The lowest BCUT2D eigenvalue weighted by Crippen LogP contribution is -2.60.